The van der Waals surface area contributed by atoms with Crippen molar-refractivity contribution >= 4 is 17.4 Å². The van der Waals surface area contributed by atoms with Crippen LogP contribution >= 0.6 is 11.6 Å². The summed E-state index contributed by atoms with van der Waals surface area (Å²) in [5.74, 6) is -0.0494. The van der Waals surface area contributed by atoms with E-state index in [2.05, 4.69) is 5.10 Å². The Bertz CT molecular complexity index is 560. The van der Waals surface area contributed by atoms with Gasteiger partial charge in [0.25, 0.3) is 0 Å². The third-order valence-electron chi connectivity index (χ3n) is 2.65. The minimum Gasteiger partial charge on any atom is -0.288 e. The minimum atomic E-state index is -0.0494. The van der Waals surface area contributed by atoms with E-state index in [0.29, 0.717) is 16.1 Å². The molecule has 2 rings (SSSR count). The average molecular weight is 249 g/mol. The molecule has 0 aliphatic carbocycles. The summed E-state index contributed by atoms with van der Waals surface area (Å²) in [5, 5.41) is 4.69. The highest BCUT2D eigenvalue weighted by molar-refractivity contribution is 6.31. The molecule has 1 aromatic carbocycles. The number of hydrogen-bond acceptors (Lipinski definition) is 2. The Morgan fingerprint density at radius 1 is 1.41 bits per heavy atom. The van der Waals surface area contributed by atoms with Crippen LogP contribution in [-0.4, -0.2) is 15.6 Å². The highest BCUT2D eigenvalue weighted by Gasteiger charge is 2.12. The highest BCUT2D eigenvalue weighted by Crippen LogP contribution is 2.18. The fourth-order valence-corrected chi connectivity index (χ4v) is 1.74. The van der Waals surface area contributed by atoms with E-state index in [0.717, 1.165) is 12.1 Å². The van der Waals surface area contributed by atoms with Gasteiger partial charge in [0, 0.05) is 23.3 Å². The Morgan fingerprint density at radius 2 is 2.18 bits per heavy atom. The zero-order valence-electron chi connectivity index (χ0n) is 9.77. The largest absolute Gasteiger partial charge is 0.288 e. The third-order valence-corrected chi connectivity index (χ3v) is 3.06. The van der Waals surface area contributed by atoms with Crippen LogP contribution in [0, 0.1) is 6.92 Å². The standard InChI is InChI=1S/C13H13ClN2O/c1-3-16-8-11(7-15-16)13(17)10-5-4-9(2)12(14)6-10/h4-8H,3H2,1-2H3. The first-order chi connectivity index (χ1) is 8.11. The minimum absolute atomic E-state index is 0.0494. The van der Waals surface area contributed by atoms with Crippen LogP contribution in [0.4, 0.5) is 0 Å². The molecule has 0 aliphatic rings. The molecule has 0 atom stereocenters. The molecule has 1 aromatic heterocycles. The van der Waals surface area contributed by atoms with Gasteiger partial charge in [-0.15, -0.1) is 0 Å². The number of nitrogens with zero attached hydrogens (tertiary/aromatic N) is 2. The Labute approximate surface area is 105 Å². The molecule has 0 N–H and O–H groups in total. The van der Waals surface area contributed by atoms with Crippen LogP contribution in [0.25, 0.3) is 0 Å². The lowest BCUT2D eigenvalue weighted by Gasteiger charge is -2.01. The van der Waals surface area contributed by atoms with E-state index in [1.54, 1.807) is 29.2 Å². The maximum absolute atomic E-state index is 12.1. The highest BCUT2D eigenvalue weighted by atomic mass is 35.5. The van der Waals surface area contributed by atoms with Gasteiger partial charge in [-0.25, -0.2) is 0 Å². The number of benzene rings is 1. The number of rotatable bonds is 3. The molecule has 1 heterocycles. The zero-order chi connectivity index (χ0) is 12.4. The van der Waals surface area contributed by atoms with Crippen molar-refractivity contribution in [1.29, 1.82) is 0 Å². The predicted octanol–water partition coefficient (Wildman–Crippen LogP) is 3.10. The van der Waals surface area contributed by atoms with E-state index in [1.165, 1.54) is 0 Å². The number of aryl methyl sites for hydroxylation is 2. The first-order valence-electron chi connectivity index (χ1n) is 5.45. The molecule has 0 fully saturated rings. The van der Waals surface area contributed by atoms with Crippen molar-refractivity contribution in [2.24, 2.45) is 0 Å². The Kier molecular flexibility index (Phi) is 3.29. The van der Waals surface area contributed by atoms with Crippen LogP contribution in [0.15, 0.2) is 30.6 Å². The molecule has 0 bridgehead atoms. The molecular formula is C13H13ClN2O. The summed E-state index contributed by atoms with van der Waals surface area (Å²) in [6.45, 7) is 4.64. The molecule has 0 saturated carbocycles. The molecule has 88 valence electrons. The van der Waals surface area contributed by atoms with Gasteiger partial charge in [-0.1, -0.05) is 23.7 Å². The summed E-state index contributed by atoms with van der Waals surface area (Å²) in [5.41, 5.74) is 2.15. The lowest BCUT2D eigenvalue weighted by Crippen LogP contribution is -2.00. The second-order valence-electron chi connectivity index (χ2n) is 3.88. The van der Waals surface area contributed by atoms with Crippen molar-refractivity contribution in [3.63, 3.8) is 0 Å². The lowest BCUT2D eigenvalue weighted by molar-refractivity contribution is 0.103. The summed E-state index contributed by atoms with van der Waals surface area (Å²) < 4.78 is 1.73. The van der Waals surface area contributed by atoms with Crippen LogP contribution in [0.5, 0.6) is 0 Å². The molecule has 0 amide bonds. The maximum Gasteiger partial charge on any atom is 0.196 e. The molecular weight excluding hydrogens is 236 g/mol. The van der Waals surface area contributed by atoms with Gasteiger partial charge in [0.15, 0.2) is 5.78 Å². The van der Waals surface area contributed by atoms with Crippen LogP contribution < -0.4 is 0 Å². The molecule has 3 nitrogen and oxygen atoms in total. The molecule has 4 heteroatoms. The van der Waals surface area contributed by atoms with Gasteiger partial charge in [-0.05, 0) is 25.5 Å². The fraction of sp³-hybridized carbons (Fsp3) is 0.231. The second-order valence-corrected chi connectivity index (χ2v) is 4.28. The van der Waals surface area contributed by atoms with Crippen molar-refractivity contribution in [1.82, 2.24) is 9.78 Å². The summed E-state index contributed by atoms with van der Waals surface area (Å²) in [6, 6.07) is 5.33. The first kappa shape index (κ1) is 11.9. The number of halogens is 1. The van der Waals surface area contributed by atoms with Crippen molar-refractivity contribution in [3.8, 4) is 0 Å². The van der Waals surface area contributed by atoms with Crippen molar-refractivity contribution < 1.29 is 4.79 Å². The van der Waals surface area contributed by atoms with Gasteiger partial charge < -0.3 is 0 Å². The zero-order valence-corrected chi connectivity index (χ0v) is 10.5. The van der Waals surface area contributed by atoms with E-state index in [9.17, 15) is 4.79 Å². The third kappa shape index (κ3) is 2.39. The molecule has 0 saturated heterocycles. The van der Waals surface area contributed by atoms with E-state index in [-0.39, 0.29) is 5.78 Å². The summed E-state index contributed by atoms with van der Waals surface area (Å²) in [7, 11) is 0. The molecule has 2 aromatic rings. The Morgan fingerprint density at radius 3 is 2.76 bits per heavy atom. The van der Waals surface area contributed by atoms with Crippen LogP contribution in [0.1, 0.15) is 28.4 Å². The molecule has 17 heavy (non-hydrogen) atoms. The normalized spacial score (nSPS) is 10.5. The summed E-state index contributed by atoms with van der Waals surface area (Å²) >= 11 is 6.00. The first-order valence-corrected chi connectivity index (χ1v) is 5.83. The Hall–Kier alpha value is -1.61. The molecule has 0 spiro atoms. The predicted molar refractivity (Wildman–Crippen MR) is 67.5 cm³/mol. The number of hydrogen-bond donors (Lipinski definition) is 0. The van der Waals surface area contributed by atoms with Crippen LogP contribution in [0.3, 0.4) is 0 Å². The van der Waals surface area contributed by atoms with E-state index in [1.807, 2.05) is 19.9 Å². The van der Waals surface area contributed by atoms with Gasteiger partial charge in [0.1, 0.15) is 0 Å². The number of carbonyl (C=O) groups is 1. The van der Waals surface area contributed by atoms with Crippen molar-refractivity contribution in [3.05, 3.63) is 52.3 Å². The van der Waals surface area contributed by atoms with Crippen LogP contribution in [0.2, 0.25) is 5.02 Å². The summed E-state index contributed by atoms with van der Waals surface area (Å²) in [4.78, 5) is 12.1. The van der Waals surface area contributed by atoms with E-state index >= 15 is 0 Å². The van der Waals surface area contributed by atoms with E-state index in [4.69, 9.17) is 11.6 Å². The average Bonchev–Trinajstić information content (AvgIpc) is 2.80. The quantitative estimate of drug-likeness (QED) is 0.783. The van der Waals surface area contributed by atoms with Crippen LogP contribution in [-0.2, 0) is 6.54 Å². The van der Waals surface area contributed by atoms with Gasteiger partial charge in [0.2, 0.25) is 0 Å². The second kappa shape index (κ2) is 4.72. The van der Waals surface area contributed by atoms with Gasteiger partial charge in [-0.3, -0.25) is 9.48 Å². The molecule has 0 aliphatic heterocycles. The van der Waals surface area contributed by atoms with Gasteiger partial charge in [-0.2, -0.15) is 5.10 Å². The summed E-state index contributed by atoms with van der Waals surface area (Å²) in [6.07, 6.45) is 3.33. The van der Waals surface area contributed by atoms with Crippen molar-refractivity contribution in [2.75, 3.05) is 0 Å². The number of ketones is 1. The monoisotopic (exact) mass is 248 g/mol. The topological polar surface area (TPSA) is 34.9 Å². The molecule has 0 radical (unpaired) electrons. The van der Waals surface area contributed by atoms with E-state index < -0.39 is 0 Å². The smallest absolute Gasteiger partial charge is 0.196 e. The Balaban J connectivity index is 2.33. The van der Waals surface area contributed by atoms with Gasteiger partial charge in [0.05, 0.1) is 11.8 Å². The fourth-order valence-electron chi connectivity index (χ4n) is 1.55. The van der Waals surface area contributed by atoms with Crippen molar-refractivity contribution in [2.45, 2.75) is 20.4 Å². The maximum atomic E-state index is 12.1. The number of aromatic nitrogens is 2. The number of carbonyl (C=O) groups excluding carboxylic acids is 1. The molecule has 0 unspecified atom stereocenters. The SMILES string of the molecule is CCn1cc(C(=O)c2ccc(C)c(Cl)c2)cn1. The van der Waals surface area contributed by atoms with Gasteiger partial charge >= 0.3 is 0 Å². The lowest BCUT2D eigenvalue weighted by atomic mass is 10.1.